The minimum absolute atomic E-state index is 0.294. The van der Waals surface area contributed by atoms with E-state index in [-0.39, 0.29) is 0 Å². The standard InChI is InChI=1S/C13H14OS.2C2H6/c1-3-5-6-12(4-2)15-13-9-7-11(14)8-10-13;2*1-2/h3-10,14H,1H2,2H3;2*1-2H3/b6-5-,12-4+;;. The van der Waals surface area contributed by atoms with E-state index in [9.17, 15) is 0 Å². The van der Waals surface area contributed by atoms with Crippen LogP contribution in [0.4, 0.5) is 0 Å². The van der Waals surface area contributed by atoms with E-state index in [0.717, 1.165) is 9.80 Å². The topological polar surface area (TPSA) is 20.2 Å². The summed E-state index contributed by atoms with van der Waals surface area (Å²) < 4.78 is 0. The average Bonchev–Trinajstić information content (AvgIpc) is 2.49. The van der Waals surface area contributed by atoms with Crippen molar-refractivity contribution >= 4 is 11.8 Å². The summed E-state index contributed by atoms with van der Waals surface area (Å²) in [6, 6.07) is 7.16. The van der Waals surface area contributed by atoms with Crippen molar-refractivity contribution in [2.75, 3.05) is 0 Å². The minimum Gasteiger partial charge on any atom is -0.508 e. The Morgan fingerprint density at radius 2 is 1.63 bits per heavy atom. The first-order chi connectivity index (χ1) is 9.26. The van der Waals surface area contributed by atoms with Crippen LogP contribution in [0.2, 0.25) is 0 Å². The second-order valence-corrected chi connectivity index (χ2v) is 4.03. The van der Waals surface area contributed by atoms with Gasteiger partial charge in [-0.1, -0.05) is 64.3 Å². The Morgan fingerprint density at radius 3 is 2.05 bits per heavy atom. The molecule has 1 rings (SSSR count). The zero-order chi connectivity index (χ0) is 15.1. The van der Waals surface area contributed by atoms with Gasteiger partial charge >= 0.3 is 0 Å². The van der Waals surface area contributed by atoms with Crippen LogP contribution in [0.15, 0.2) is 64.9 Å². The van der Waals surface area contributed by atoms with Gasteiger partial charge < -0.3 is 5.11 Å². The van der Waals surface area contributed by atoms with Gasteiger partial charge in [0.2, 0.25) is 0 Å². The van der Waals surface area contributed by atoms with Gasteiger partial charge in [0.05, 0.1) is 0 Å². The Labute approximate surface area is 122 Å². The smallest absolute Gasteiger partial charge is 0.115 e. The highest BCUT2D eigenvalue weighted by molar-refractivity contribution is 8.03. The summed E-state index contributed by atoms with van der Waals surface area (Å²) in [5, 5.41) is 9.14. The predicted octanol–water partition coefficient (Wildman–Crippen LogP) is 6.18. The van der Waals surface area contributed by atoms with Crippen LogP contribution in [0, 0.1) is 0 Å². The molecule has 1 aromatic carbocycles. The van der Waals surface area contributed by atoms with Gasteiger partial charge in [0.1, 0.15) is 5.75 Å². The average molecular weight is 278 g/mol. The van der Waals surface area contributed by atoms with Crippen molar-refractivity contribution in [1.29, 1.82) is 0 Å². The second-order valence-electron chi connectivity index (χ2n) is 2.88. The third-order valence-corrected chi connectivity index (χ3v) is 2.87. The summed E-state index contributed by atoms with van der Waals surface area (Å²) in [6.45, 7) is 13.6. The lowest BCUT2D eigenvalue weighted by Gasteiger charge is -2.01. The molecule has 0 aliphatic rings. The van der Waals surface area contributed by atoms with Crippen LogP contribution >= 0.6 is 11.8 Å². The molecule has 19 heavy (non-hydrogen) atoms. The highest BCUT2D eigenvalue weighted by atomic mass is 32.2. The number of benzene rings is 1. The molecule has 106 valence electrons. The molecule has 2 heteroatoms. The minimum atomic E-state index is 0.294. The molecule has 0 heterocycles. The summed E-state index contributed by atoms with van der Waals surface area (Å²) >= 11 is 1.65. The van der Waals surface area contributed by atoms with Crippen molar-refractivity contribution in [2.45, 2.75) is 39.5 Å². The molecule has 0 saturated heterocycles. The first-order valence-electron chi connectivity index (χ1n) is 6.68. The lowest BCUT2D eigenvalue weighted by molar-refractivity contribution is 0.475. The normalized spacial score (nSPS) is 10.1. The molecule has 0 aromatic heterocycles. The molecule has 0 unspecified atom stereocenters. The fraction of sp³-hybridized carbons (Fsp3) is 0.294. The first-order valence-corrected chi connectivity index (χ1v) is 7.50. The summed E-state index contributed by atoms with van der Waals surface area (Å²) in [4.78, 5) is 2.26. The van der Waals surface area contributed by atoms with Gasteiger partial charge in [-0.2, -0.15) is 0 Å². The maximum atomic E-state index is 9.14. The summed E-state index contributed by atoms with van der Waals surface area (Å²) in [7, 11) is 0. The third-order valence-electron chi connectivity index (χ3n) is 1.75. The predicted molar refractivity (Wildman–Crippen MR) is 89.8 cm³/mol. The molecule has 0 aliphatic carbocycles. The lowest BCUT2D eigenvalue weighted by Crippen LogP contribution is -1.73. The number of phenols is 1. The highest BCUT2D eigenvalue weighted by Gasteiger charge is 1.96. The van der Waals surface area contributed by atoms with E-state index >= 15 is 0 Å². The van der Waals surface area contributed by atoms with Gasteiger partial charge in [-0.25, -0.2) is 0 Å². The third kappa shape index (κ3) is 10.2. The maximum Gasteiger partial charge on any atom is 0.115 e. The van der Waals surface area contributed by atoms with Crippen molar-refractivity contribution in [3.8, 4) is 5.75 Å². The lowest BCUT2D eigenvalue weighted by atomic mass is 10.3. The number of rotatable bonds is 4. The number of phenolic OH excluding ortho intramolecular Hbond substituents is 1. The van der Waals surface area contributed by atoms with Crippen LogP contribution in [0.3, 0.4) is 0 Å². The largest absolute Gasteiger partial charge is 0.508 e. The molecular formula is C17H26OS. The summed E-state index contributed by atoms with van der Waals surface area (Å²) in [5.74, 6) is 0.294. The number of hydrogen-bond acceptors (Lipinski definition) is 2. The molecule has 0 fully saturated rings. The van der Waals surface area contributed by atoms with Crippen LogP contribution in [0.25, 0.3) is 0 Å². The number of thioether (sulfide) groups is 1. The first kappa shape index (κ1) is 19.9. The summed E-state index contributed by atoms with van der Waals surface area (Å²) in [6.07, 6.45) is 7.70. The van der Waals surface area contributed by atoms with E-state index in [1.165, 1.54) is 0 Å². The van der Waals surface area contributed by atoms with Crippen molar-refractivity contribution in [2.24, 2.45) is 0 Å². The molecule has 0 amide bonds. The van der Waals surface area contributed by atoms with Gasteiger partial charge in [-0.3, -0.25) is 0 Å². The Morgan fingerprint density at radius 1 is 1.11 bits per heavy atom. The van der Waals surface area contributed by atoms with E-state index < -0.39 is 0 Å². The van der Waals surface area contributed by atoms with E-state index in [0.29, 0.717) is 5.75 Å². The van der Waals surface area contributed by atoms with Crippen LogP contribution in [-0.2, 0) is 0 Å². The molecule has 1 nitrogen and oxygen atoms in total. The SMILES string of the molecule is C=C/C=C\C(=C/C)Sc1ccc(O)cc1.CC.CC. The maximum absolute atomic E-state index is 9.14. The van der Waals surface area contributed by atoms with Gasteiger partial charge in [-0.05, 0) is 37.3 Å². The fourth-order valence-corrected chi connectivity index (χ4v) is 1.81. The molecular weight excluding hydrogens is 252 g/mol. The number of aromatic hydroxyl groups is 1. The molecule has 0 saturated carbocycles. The van der Waals surface area contributed by atoms with Gasteiger partial charge in [0.25, 0.3) is 0 Å². The Balaban J connectivity index is 0. The molecule has 0 aliphatic heterocycles. The molecule has 0 bridgehead atoms. The van der Waals surface area contributed by atoms with E-state index in [1.807, 2.05) is 65.0 Å². The fourth-order valence-electron chi connectivity index (χ4n) is 1.00. The van der Waals surface area contributed by atoms with Gasteiger partial charge in [0.15, 0.2) is 0 Å². The molecule has 0 spiro atoms. The Hall–Kier alpha value is -1.41. The van der Waals surface area contributed by atoms with Crippen LogP contribution in [0.1, 0.15) is 34.6 Å². The van der Waals surface area contributed by atoms with Crippen molar-refractivity contribution in [3.63, 3.8) is 0 Å². The molecule has 0 radical (unpaired) electrons. The zero-order valence-corrected chi connectivity index (χ0v) is 13.5. The van der Waals surface area contributed by atoms with Gasteiger partial charge in [-0.15, -0.1) is 0 Å². The molecule has 0 atom stereocenters. The monoisotopic (exact) mass is 278 g/mol. The number of allylic oxidation sites excluding steroid dienone is 4. The quantitative estimate of drug-likeness (QED) is 0.524. The highest BCUT2D eigenvalue weighted by Crippen LogP contribution is 2.28. The van der Waals surface area contributed by atoms with Crippen LogP contribution in [0.5, 0.6) is 5.75 Å². The van der Waals surface area contributed by atoms with Crippen LogP contribution < -0.4 is 0 Å². The zero-order valence-electron chi connectivity index (χ0n) is 12.7. The van der Waals surface area contributed by atoms with E-state index in [1.54, 1.807) is 30.0 Å². The van der Waals surface area contributed by atoms with E-state index in [2.05, 4.69) is 6.58 Å². The Bertz CT molecular complexity index is 375. The van der Waals surface area contributed by atoms with Crippen LogP contribution in [-0.4, -0.2) is 5.11 Å². The molecule has 1 aromatic rings. The second kappa shape index (κ2) is 14.7. The Kier molecular flexibility index (Phi) is 15.4. The summed E-state index contributed by atoms with van der Waals surface area (Å²) in [5.41, 5.74) is 0. The number of hydrogen-bond donors (Lipinski definition) is 1. The van der Waals surface area contributed by atoms with Crippen molar-refractivity contribution in [1.82, 2.24) is 0 Å². The van der Waals surface area contributed by atoms with Crippen molar-refractivity contribution < 1.29 is 5.11 Å². The van der Waals surface area contributed by atoms with Gasteiger partial charge in [0, 0.05) is 9.80 Å². The van der Waals surface area contributed by atoms with E-state index in [4.69, 9.17) is 5.11 Å². The van der Waals surface area contributed by atoms with Crippen molar-refractivity contribution in [3.05, 3.63) is 60.1 Å². The molecule has 1 N–H and O–H groups in total.